The summed E-state index contributed by atoms with van der Waals surface area (Å²) in [5.74, 6) is 1.77. The molecule has 0 unspecified atom stereocenters. The van der Waals surface area contributed by atoms with Crippen LogP contribution in [0.3, 0.4) is 0 Å². The number of methoxy groups -OCH3 is 1. The first-order valence-electron chi connectivity index (χ1n) is 10.7. The first-order valence-corrected chi connectivity index (χ1v) is 11.5. The van der Waals surface area contributed by atoms with Crippen molar-refractivity contribution in [3.05, 3.63) is 30.6 Å². The van der Waals surface area contributed by atoms with Crippen LogP contribution in [0.5, 0.6) is 5.75 Å². The summed E-state index contributed by atoms with van der Waals surface area (Å²) in [7, 11) is 1.58. The van der Waals surface area contributed by atoms with Crippen LogP contribution in [0.2, 0.25) is 0 Å². The Kier molecular flexibility index (Phi) is 5.52. The van der Waals surface area contributed by atoms with Crippen LogP contribution < -0.4 is 21.1 Å². The van der Waals surface area contributed by atoms with Gasteiger partial charge in [-0.25, -0.2) is 19.9 Å². The number of nitrogen functional groups attached to an aromatic ring is 1. The van der Waals surface area contributed by atoms with Crippen molar-refractivity contribution in [2.24, 2.45) is 11.1 Å². The molecule has 2 aliphatic rings. The van der Waals surface area contributed by atoms with Gasteiger partial charge in [-0.15, -0.1) is 0 Å². The Morgan fingerprint density at radius 1 is 1.19 bits per heavy atom. The number of nitrogens with zero attached hydrogens (tertiary/aromatic N) is 5. The van der Waals surface area contributed by atoms with Crippen molar-refractivity contribution in [1.82, 2.24) is 19.9 Å². The van der Waals surface area contributed by atoms with Crippen molar-refractivity contribution >= 4 is 34.6 Å². The zero-order valence-electron chi connectivity index (χ0n) is 18.2. The summed E-state index contributed by atoms with van der Waals surface area (Å²) in [6, 6.07) is 5.84. The highest BCUT2D eigenvalue weighted by atomic mass is 32.2. The number of nitrogens with two attached hydrogens (primary N) is 2. The lowest BCUT2D eigenvalue weighted by Crippen LogP contribution is -2.50. The standard InChI is InChI=1S/C22H27N7O2S/c1-13-19(23)22(12-31-13)6-9-29(10-7-22)16-11-26-21-14(27-16)3-4-17(28-21)32-15-5-8-25-20(24)18(15)30-2/h3-5,8,11,13,19H,6-7,9-10,12,23H2,1-2H3,(H2,24,25)/t13-,19+/m0/s1. The van der Waals surface area contributed by atoms with Gasteiger partial charge in [0.25, 0.3) is 0 Å². The summed E-state index contributed by atoms with van der Waals surface area (Å²) in [5, 5.41) is 0.785. The Balaban J connectivity index is 1.32. The lowest BCUT2D eigenvalue weighted by atomic mass is 9.73. The Bertz CT molecular complexity index is 1140. The molecule has 5 heterocycles. The van der Waals surface area contributed by atoms with E-state index in [0.717, 1.165) is 53.8 Å². The summed E-state index contributed by atoms with van der Waals surface area (Å²) in [4.78, 5) is 21.3. The third-order valence-electron chi connectivity index (χ3n) is 6.61. The van der Waals surface area contributed by atoms with Crippen LogP contribution >= 0.6 is 11.8 Å². The summed E-state index contributed by atoms with van der Waals surface area (Å²) < 4.78 is 11.2. The first-order chi connectivity index (χ1) is 15.5. The second-order valence-electron chi connectivity index (χ2n) is 8.44. The minimum atomic E-state index is 0.0886. The molecule has 0 amide bonds. The van der Waals surface area contributed by atoms with Gasteiger partial charge in [-0.2, -0.15) is 0 Å². The molecule has 0 aliphatic carbocycles. The SMILES string of the molecule is COc1c(Sc2ccc3nc(N4CCC5(CC4)CO[C@@H](C)[C@H]5N)cnc3n2)ccnc1N. The molecular formula is C22H27N7O2S. The Morgan fingerprint density at radius 2 is 2.00 bits per heavy atom. The average molecular weight is 454 g/mol. The quantitative estimate of drug-likeness (QED) is 0.608. The van der Waals surface area contributed by atoms with Crippen molar-refractivity contribution in [3.63, 3.8) is 0 Å². The number of fused-ring (bicyclic) bond motifs is 1. The molecule has 2 fully saturated rings. The van der Waals surface area contributed by atoms with Crippen molar-refractivity contribution < 1.29 is 9.47 Å². The fourth-order valence-corrected chi connectivity index (χ4v) is 5.49. The van der Waals surface area contributed by atoms with E-state index in [1.54, 1.807) is 19.5 Å². The number of anilines is 2. The zero-order chi connectivity index (χ0) is 22.3. The molecule has 1 spiro atoms. The molecule has 10 heteroatoms. The van der Waals surface area contributed by atoms with Crippen molar-refractivity contribution in [3.8, 4) is 5.75 Å². The number of hydrogen-bond acceptors (Lipinski definition) is 10. The van der Waals surface area contributed by atoms with Gasteiger partial charge in [-0.1, -0.05) is 11.8 Å². The van der Waals surface area contributed by atoms with Gasteiger partial charge in [-0.05, 0) is 38.0 Å². The summed E-state index contributed by atoms with van der Waals surface area (Å²) in [6.07, 6.45) is 5.59. The van der Waals surface area contributed by atoms with Crippen LogP contribution in [0, 0.1) is 5.41 Å². The number of hydrogen-bond donors (Lipinski definition) is 2. The van der Waals surface area contributed by atoms with Crippen LogP contribution in [0.1, 0.15) is 19.8 Å². The third kappa shape index (κ3) is 3.72. The third-order valence-corrected chi connectivity index (χ3v) is 7.59. The van der Waals surface area contributed by atoms with Crippen molar-refractivity contribution in [1.29, 1.82) is 0 Å². The molecule has 2 atom stereocenters. The molecule has 2 saturated heterocycles. The van der Waals surface area contributed by atoms with Gasteiger partial charge in [0.2, 0.25) is 0 Å². The molecule has 3 aromatic heterocycles. The van der Waals surface area contributed by atoms with Crippen LogP contribution in [-0.4, -0.2) is 58.9 Å². The van der Waals surface area contributed by atoms with Crippen molar-refractivity contribution in [2.75, 3.05) is 37.4 Å². The summed E-state index contributed by atoms with van der Waals surface area (Å²) in [6.45, 7) is 4.62. The maximum Gasteiger partial charge on any atom is 0.179 e. The molecule has 4 N–H and O–H groups in total. The van der Waals surface area contributed by atoms with Gasteiger partial charge in [0, 0.05) is 30.7 Å². The average Bonchev–Trinajstić information content (AvgIpc) is 3.08. The van der Waals surface area contributed by atoms with Gasteiger partial charge in [-0.3, -0.25) is 0 Å². The van der Waals surface area contributed by atoms with Gasteiger partial charge in [0.15, 0.2) is 17.2 Å². The fourth-order valence-electron chi connectivity index (χ4n) is 4.58. The molecule has 5 rings (SSSR count). The number of piperidine rings is 1. The summed E-state index contributed by atoms with van der Waals surface area (Å²) in [5.41, 5.74) is 13.8. The molecular weight excluding hydrogens is 426 g/mol. The Hall–Kier alpha value is -2.69. The van der Waals surface area contributed by atoms with E-state index in [1.807, 2.05) is 18.2 Å². The minimum absolute atomic E-state index is 0.0886. The van der Waals surface area contributed by atoms with E-state index in [2.05, 4.69) is 26.8 Å². The van der Waals surface area contributed by atoms with Crippen LogP contribution in [0.15, 0.2) is 40.5 Å². The molecule has 0 radical (unpaired) electrons. The Morgan fingerprint density at radius 3 is 2.72 bits per heavy atom. The number of aromatic nitrogens is 4. The first kappa shape index (κ1) is 21.2. The maximum atomic E-state index is 6.44. The van der Waals surface area contributed by atoms with E-state index < -0.39 is 0 Å². The maximum absolute atomic E-state index is 6.44. The molecule has 0 saturated carbocycles. The van der Waals surface area contributed by atoms with Crippen LogP contribution in [-0.2, 0) is 4.74 Å². The molecule has 0 bridgehead atoms. The molecule has 2 aliphatic heterocycles. The predicted octanol–water partition coefficient (Wildman–Crippen LogP) is 2.49. The highest BCUT2D eigenvalue weighted by Crippen LogP contribution is 2.42. The predicted molar refractivity (Wildman–Crippen MR) is 124 cm³/mol. The highest BCUT2D eigenvalue weighted by Gasteiger charge is 2.47. The van der Waals surface area contributed by atoms with Crippen LogP contribution in [0.4, 0.5) is 11.6 Å². The number of pyridine rings is 2. The molecule has 32 heavy (non-hydrogen) atoms. The molecule has 0 aromatic carbocycles. The van der Waals surface area contributed by atoms with E-state index in [9.17, 15) is 0 Å². The van der Waals surface area contributed by atoms with Gasteiger partial charge >= 0.3 is 0 Å². The van der Waals surface area contributed by atoms with Gasteiger partial charge < -0.3 is 25.8 Å². The van der Waals surface area contributed by atoms with Gasteiger partial charge in [0.05, 0.1) is 30.9 Å². The topological polar surface area (TPSA) is 125 Å². The monoisotopic (exact) mass is 453 g/mol. The summed E-state index contributed by atoms with van der Waals surface area (Å²) >= 11 is 1.45. The fraction of sp³-hybridized carbons (Fsp3) is 0.455. The number of ether oxygens (including phenoxy) is 2. The molecule has 3 aromatic rings. The number of rotatable bonds is 4. The lowest BCUT2D eigenvalue weighted by molar-refractivity contribution is 0.0974. The highest BCUT2D eigenvalue weighted by molar-refractivity contribution is 7.99. The Labute approximate surface area is 190 Å². The zero-order valence-corrected chi connectivity index (χ0v) is 19.0. The van der Waals surface area contributed by atoms with Crippen LogP contribution in [0.25, 0.3) is 11.2 Å². The van der Waals surface area contributed by atoms with E-state index in [1.165, 1.54) is 11.8 Å². The van der Waals surface area contributed by atoms with E-state index in [-0.39, 0.29) is 17.6 Å². The molecule has 9 nitrogen and oxygen atoms in total. The lowest BCUT2D eigenvalue weighted by Gasteiger charge is -2.41. The largest absolute Gasteiger partial charge is 0.492 e. The second-order valence-corrected chi connectivity index (χ2v) is 9.50. The molecule has 168 valence electrons. The second kappa shape index (κ2) is 8.34. The smallest absolute Gasteiger partial charge is 0.179 e. The van der Waals surface area contributed by atoms with Crippen molar-refractivity contribution in [2.45, 2.75) is 41.8 Å². The van der Waals surface area contributed by atoms with E-state index >= 15 is 0 Å². The van der Waals surface area contributed by atoms with Gasteiger partial charge in [0.1, 0.15) is 16.4 Å². The normalized spacial score (nSPS) is 22.5. The minimum Gasteiger partial charge on any atom is -0.492 e. The van der Waals surface area contributed by atoms with E-state index in [0.29, 0.717) is 17.2 Å². The van der Waals surface area contributed by atoms with E-state index in [4.69, 9.17) is 25.9 Å².